The molecule has 2 aromatic carbocycles. The van der Waals surface area contributed by atoms with Crippen molar-refractivity contribution < 1.29 is 13.6 Å². The van der Waals surface area contributed by atoms with E-state index in [1.165, 1.54) is 4.90 Å². The molecule has 0 saturated carbocycles. The summed E-state index contributed by atoms with van der Waals surface area (Å²) in [6.45, 7) is 0.249. The molecule has 3 rings (SSSR count). The summed E-state index contributed by atoms with van der Waals surface area (Å²) in [7, 11) is 0. The third kappa shape index (κ3) is 2.49. The molecule has 0 fully saturated rings. The van der Waals surface area contributed by atoms with Crippen molar-refractivity contribution in [1.82, 2.24) is 0 Å². The van der Waals surface area contributed by atoms with Gasteiger partial charge in [-0.3, -0.25) is 4.79 Å². The first kappa shape index (κ1) is 14.0. The highest BCUT2D eigenvalue weighted by Crippen LogP contribution is 2.32. The number of hydrogen-bond acceptors (Lipinski definition) is 3. The topological polar surface area (TPSA) is 56.1 Å². The standard InChI is InChI=1S/C16H11F2N3O/c17-12-5-14-15(6-13(12)18)21(16(22)8-20-14)9-11-3-1-10(7-19)2-4-11/h1-6,20H,8-9H2. The van der Waals surface area contributed by atoms with Crippen LogP contribution in [0.2, 0.25) is 0 Å². The quantitative estimate of drug-likeness (QED) is 0.927. The van der Waals surface area contributed by atoms with Crippen LogP contribution in [0.4, 0.5) is 20.2 Å². The maximum Gasteiger partial charge on any atom is 0.246 e. The zero-order chi connectivity index (χ0) is 15.7. The van der Waals surface area contributed by atoms with Crippen molar-refractivity contribution in [3.8, 4) is 6.07 Å². The molecule has 1 aliphatic rings. The van der Waals surface area contributed by atoms with Crippen molar-refractivity contribution in [1.29, 1.82) is 5.26 Å². The van der Waals surface area contributed by atoms with Crippen LogP contribution in [0, 0.1) is 23.0 Å². The van der Waals surface area contributed by atoms with Gasteiger partial charge in [0.15, 0.2) is 11.6 Å². The molecule has 1 amide bonds. The van der Waals surface area contributed by atoms with Gasteiger partial charge in [0.25, 0.3) is 0 Å². The SMILES string of the molecule is N#Cc1ccc(CN2C(=O)CNc3cc(F)c(F)cc32)cc1. The zero-order valence-electron chi connectivity index (χ0n) is 11.4. The van der Waals surface area contributed by atoms with Gasteiger partial charge in [0, 0.05) is 12.1 Å². The predicted molar refractivity (Wildman–Crippen MR) is 77.2 cm³/mol. The molecule has 0 bridgehead atoms. The molecule has 1 heterocycles. The number of anilines is 2. The second kappa shape index (κ2) is 5.45. The molecule has 4 nitrogen and oxygen atoms in total. The van der Waals surface area contributed by atoms with Crippen molar-refractivity contribution in [3.05, 3.63) is 59.2 Å². The Morgan fingerprint density at radius 1 is 1.18 bits per heavy atom. The van der Waals surface area contributed by atoms with Crippen molar-refractivity contribution >= 4 is 17.3 Å². The van der Waals surface area contributed by atoms with Gasteiger partial charge in [0.1, 0.15) is 0 Å². The number of nitriles is 1. The molecular formula is C16H11F2N3O. The fourth-order valence-corrected chi connectivity index (χ4v) is 2.34. The zero-order valence-corrected chi connectivity index (χ0v) is 11.4. The monoisotopic (exact) mass is 299 g/mol. The average Bonchev–Trinajstić information content (AvgIpc) is 2.53. The summed E-state index contributed by atoms with van der Waals surface area (Å²) >= 11 is 0. The third-order valence-corrected chi connectivity index (χ3v) is 3.48. The summed E-state index contributed by atoms with van der Waals surface area (Å²) in [6.07, 6.45) is 0. The Morgan fingerprint density at radius 2 is 1.86 bits per heavy atom. The van der Waals surface area contributed by atoms with Gasteiger partial charge in [0.2, 0.25) is 5.91 Å². The van der Waals surface area contributed by atoms with Crippen molar-refractivity contribution in [3.63, 3.8) is 0 Å². The highest BCUT2D eigenvalue weighted by Gasteiger charge is 2.25. The van der Waals surface area contributed by atoms with Crippen molar-refractivity contribution in [2.75, 3.05) is 16.8 Å². The van der Waals surface area contributed by atoms with Gasteiger partial charge in [-0.2, -0.15) is 5.26 Å². The number of nitrogens with zero attached hydrogens (tertiary/aromatic N) is 2. The Hall–Kier alpha value is -2.94. The van der Waals surface area contributed by atoms with E-state index in [0.29, 0.717) is 16.9 Å². The number of hydrogen-bond donors (Lipinski definition) is 1. The van der Waals surface area contributed by atoms with Gasteiger partial charge in [-0.15, -0.1) is 0 Å². The molecule has 0 spiro atoms. The molecule has 6 heteroatoms. The lowest BCUT2D eigenvalue weighted by Gasteiger charge is -2.30. The maximum absolute atomic E-state index is 13.5. The molecular weight excluding hydrogens is 288 g/mol. The number of halogens is 2. The first-order valence-corrected chi connectivity index (χ1v) is 6.61. The number of benzene rings is 2. The van der Waals surface area contributed by atoms with E-state index in [-0.39, 0.29) is 19.0 Å². The van der Waals surface area contributed by atoms with Crippen LogP contribution in [-0.4, -0.2) is 12.5 Å². The number of carbonyl (C=O) groups excluding carboxylic acids is 1. The smallest absolute Gasteiger partial charge is 0.246 e. The minimum absolute atomic E-state index is 0.0222. The Balaban J connectivity index is 1.95. The van der Waals surface area contributed by atoms with Gasteiger partial charge in [0.05, 0.1) is 36.1 Å². The van der Waals surface area contributed by atoms with E-state index in [1.807, 2.05) is 6.07 Å². The number of amides is 1. The minimum atomic E-state index is -1.000. The molecule has 0 saturated heterocycles. The molecule has 0 atom stereocenters. The summed E-state index contributed by atoms with van der Waals surface area (Å²) in [5.74, 6) is -2.19. The lowest BCUT2D eigenvalue weighted by molar-refractivity contribution is -0.117. The second-order valence-corrected chi connectivity index (χ2v) is 4.93. The van der Waals surface area contributed by atoms with Crippen LogP contribution < -0.4 is 10.2 Å². The van der Waals surface area contributed by atoms with Gasteiger partial charge in [-0.05, 0) is 17.7 Å². The van der Waals surface area contributed by atoms with Gasteiger partial charge in [-0.1, -0.05) is 12.1 Å². The summed E-state index contributed by atoms with van der Waals surface area (Å²) < 4.78 is 26.8. The van der Waals surface area contributed by atoms with Crippen LogP contribution in [0.3, 0.4) is 0 Å². The highest BCUT2D eigenvalue weighted by atomic mass is 19.2. The van der Waals surface area contributed by atoms with E-state index < -0.39 is 11.6 Å². The van der Waals surface area contributed by atoms with Crippen LogP contribution >= 0.6 is 0 Å². The molecule has 0 aromatic heterocycles. The molecule has 0 unspecified atom stereocenters. The van der Waals surface area contributed by atoms with Crippen molar-refractivity contribution in [2.24, 2.45) is 0 Å². The average molecular weight is 299 g/mol. The fraction of sp³-hybridized carbons (Fsp3) is 0.125. The van der Waals surface area contributed by atoms with E-state index in [2.05, 4.69) is 5.32 Å². The summed E-state index contributed by atoms with van der Waals surface area (Å²) in [6, 6.07) is 10.8. The minimum Gasteiger partial charge on any atom is -0.374 e. The normalized spacial score (nSPS) is 13.3. The molecule has 22 heavy (non-hydrogen) atoms. The Kier molecular flexibility index (Phi) is 3.47. The van der Waals surface area contributed by atoms with Crippen LogP contribution in [0.1, 0.15) is 11.1 Å². The van der Waals surface area contributed by atoms with Gasteiger partial charge < -0.3 is 10.2 Å². The van der Waals surface area contributed by atoms with E-state index in [9.17, 15) is 13.6 Å². The number of fused-ring (bicyclic) bond motifs is 1. The maximum atomic E-state index is 13.5. The van der Waals surface area contributed by atoms with E-state index in [1.54, 1.807) is 24.3 Å². The van der Waals surface area contributed by atoms with E-state index in [4.69, 9.17) is 5.26 Å². The molecule has 1 aliphatic heterocycles. The molecule has 0 radical (unpaired) electrons. The Morgan fingerprint density at radius 3 is 2.55 bits per heavy atom. The Bertz CT molecular complexity index is 781. The fourth-order valence-electron chi connectivity index (χ4n) is 2.34. The number of carbonyl (C=O) groups is 1. The summed E-state index contributed by atoms with van der Waals surface area (Å²) in [4.78, 5) is 13.5. The van der Waals surface area contributed by atoms with Crippen LogP contribution in [-0.2, 0) is 11.3 Å². The predicted octanol–water partition coefficient (Wildman–Crippen LogP) is 2.80. The highest BCUT2D eigenvalue weighted by molar-refractivity contribution is 6.02. The summed E-state index contributed by atoms with van der Waals surface area (Å²) in [5, 5.41) is 11.6. The molecule has 2 aromatic rings. The molecule has 110 valence electrons. The van der Waals surface area contributed by atoms with Gasteiger partial charge >= 0.3 is 0 Å². The lowest BCUT2D eigenvalue weighted by Crippen LogP contribution is -2.39. The number of nitrogens with one attached hydrogen (secondary N) is 1. The molecule has 1 N–H and O–H groups in total. The van der Waals surface area contributed by atoms with E-state index in [0.717, 1.165) is 17.7 Å². The molecule has 0 aliphatic carbocycles. The van der Waals surface area contributed by atoms with Crippen LogP contribution in [0.15, 0.2) is 36.4 Å². The van der Waals surface area contributed by atoms with E-state index >= 15 is 0 Å². The largest absolute Gasteiger partial charge is 0.374 e. The summed E-state index contributed by atoms with van der Waals surface area (Å²) in [5.41, 5.74) is 2.00. The number of rotatable bonds is 2. The Labute approximate surface area is 125 Å². The van der Waals surface area contributed by atoms with Gasteiger partial charge in [-0.25, -0.2) is 8.78 Å². The lowest BCUT2D eigenvalue weighted by atomic mass is 10.1. The first-order chi connectivity index (χ1) is 10.6. The van der Waals surface area contributed by atoms with Crippen molar-refractivity contribution in [2.45, 2.75) is 6.54 Å². The first-order valence-electron chi connectivity index (χ1n) is 6.61. The third-order valence-electron chi connectivity index (χ3n) is 3.48. The van der Waals surface area contributed by atoms with Crippen LogP contribution in [0.5, 0.6) is 0 Å². The second-order valence-electron chi connectivity index (χ2n) is 4.93. The van der Waals surface area contributed by atoms with Crippen LogP contribution in [0.25, 0.3) is 0 Å².